The van der Waals surface area contributed by atoms with Gasteiger partial charge in [-0.3, -0.25) is 4.79 Å². The molecule has 2 N–H and O–H groups in total. The van der Waals surface area contributed by atoms with E-state index in [0.717, 1.165) is 49.4 Å². The third-order valence-corrected chi connectivity index (χ3v) is 3.04. The molecule has 1 aliphatic rings. The van der Waals surface area contributed by atoms with E-state index in [-0.39, 0.29) is 6.42 Å². The van der Waals surface area contributed by atoms with Crippen LogP contribution in [0.4, 0.5) is 0 Å². The van der Waals surface area contributed by atoms with Gasteiger partial charge < -0.3 is 19.9 Å². The molecule has 0 saturated carbocycles. The van der Waals surface area contributed by atoms with Gasteiger partial charge >= 0.3 is 5.97 Å². The number of carboxylic acids is 1. The van der Waals surface area contributed by atoms with Crippen LogP contribution in [0.3, 0.4) is 0 Å². The SMILES string of the molecule is O=C(O)CCCCCNCc1cccc2c1OCO2. The topological polar surface area (TPSA) is 67.8 Å². The Balaban J connectivity index is 1.64. The van der Waals surface area contributed by atoms with Gasteiger partial charge in [-0.2, -0.15) is 0 Å². The number of nitrogens with one attached hydrogen (secondary N) is 1. The van der Waals surface area contributed by atoms with Crippen molar-refractivity contribution in [1.29, 1.82) is 0 Å². The largest absolute Gasteiger partial charge is 0.481 e. The lowest BCUT2D eigenvalue weighted by molar-refractivity contribution is -0.137. The molecule has 0 aromatic heterocycles. The number of benzene rings is 1. The summed E-state index contributed by atoms with van der Waals surface area (Å²) in [6.45, 7) is 1.91. The zero-order valence-electron chi connectivity index (χ0n) is 10.9. The van der Waals surface area contributed by atoms with Crippen LogP contribution in [0.1, 0.15) is 31.2 Å². The van der Waals surface area contributed by atoms with E-state index in [9.17, 15) is 4.79 Å². The minimum Gasteiger partial charge on any atom is -0.481 e. The van der Waals surface area contributed by atoms with Crippen molar-refractivity contribution >= 4 is 5.97 Å². The quantitative estimate of drug-likeness (QED) is 0.705. The average molecular weight is 265 g/mol. The van der Waals surface area contributed by atoms with Crippen LogP contribution in [0.5, 0.6) is 11.5 Å². The molecule has 2 rings (SSSR count). The van der Waals surface area contributed by atoms with Gasteiger partial charge in [0.15, 0.2) is 11.5 Å². The van der Waals surface area contributed by atoms with E-state index in [2.05, 4.69) is 5.32 Å². The number of para-hydroxylation sites is 1. The van der Waals surface area contributed by atoms with Crippen LogP contribution in [0.2, 0.25) is 0 Å². The highest BCUT2D eigenvalue weighted by molar-refractivity contribution is 5.66. The molecule has 0 fully saturated rings. The average Bonchev–Trinajstić information content (AvgIpc) is 2.86. The molecule has 0 amide bonds. The number of fused-ring (bicyclic) bond motifs is 1. The maximum atomic E-state index is 10.3. The third kappa shape index (κ3) is 4.13. The Morgan fingerprint density at radius 1 is 1.26 bits per heavy atom. The summed E-state index contributed by atoms with van der Waals surface area (Å²) >= 11 is 0. The summed E-state index contributed by atoms with van der Waals surface area (Å²) in [4.78, 5) is 10.3. The van der Waals surface area contributed by atoms with Gasteiger partial charge in [-0.1, -0.05) is 18.6 Å². The summed E-state index contributed by atoms with van der Waals surface area (Å²) in [5, 5.41) is 11.8. The Morgan fingerprint density at radius 2 is 2.16 bits per heavy atom. The number of aliphatic carboxylic acids is 1. The first-order chi connectivity index (χ1) is 9.27. The van der Waals surface area contributed by atoms with Crippen LogP contribution < -0.4 is 14.8 Å². The molecule has 0 spiro atoms. The fourth-order valence-electron chi connectivity index (χ4n) is 2.06. The molecule has 0 saturated heterocycles. The van der Waals surface area contributed by atoms with Gasteiger partial charge in [0.1, 0.15) is 0 Å². The molecule has 0 radical (unpaired) electrons. The predicted octanol–water partition coefficient (Wildman–Crippen LogP) is 2.15. The number of carbonyl (C=O) groups is 1. The molecule has 1 aromatic rings. The van der Waals surface area contributed by atoms with Crippen molar-refractivity contribution in [2.24, 2.45) is 0 Å². The lowest BCUT2D eigenvalue weighted by Gasteiger charge is -2.07. The van der Waals surface area contributed by atoms with Crippen molar-refractivity contribution in [1.82, 2.24) is 5.32 Å². The van der Waals surface area contributed by atoms with Gasteiger partial charge in [0, 0.05) is 18.5 Å². The summed E-state index contributed by atoms with van der Waals surface area (Å²) in [6, 6.07) is 5.88. The highest BCUT2D eigenvalue weighted by Gasteiger charge is 2.16. The second-order valence-corrected chi connectivity index (χ2v) is 4.53. The van der Waals surface area contributed by atoms with Gasteiger partial charge in [0.25, 0.3) is 0 Å². The molecule has 5 heteroatoms. The lowest BCUT2D eigenvalue weighted by Crippen LogP contribution is -2.15. The molecular formula is C14H19NO4. The van der Waals surface area contributed by atoms with Gasteiger partial charge in [-0.25, -0.2) is 0 Å². The Labute approximate surface area is 112 Å². The van der Waals surface area contributed by atoms with Crippen molar-refractivity contribution in [3.05, 3.63) is 23.8 Å². The van der Waals surface area contributed by atoms with E-state index in [4.69, 9.17) is 14.6 Å². The monoisotopic (exact) mass is 265 g/mol. The highest BCUT2D eigenvalue weighted by atomic mass is 16.7. The van der Waals surface area contributed by atoms with E-state index in [1.54, 1.807) is 0 Å². The molecule has 0 bridgehead atoms. The maximum Gasteiger partial charge on any atom is 0.303 e. The minimum absolute atomic E-state index is 0.261. The fraction of sp³-hybridized carbons (Fsp3) is 0.500. The van der Waals surface area contributed by atoms with Crippen molar-refractivity contribution in [3.8, 4) is 11.5 Å². The van der Waals surface area contributed by atoms with Gasteiger partial charge in [-0.05, 0) is 25.5 Å². The normalized spacial score (nSPS) is 12.6. The van der Waals surface area contributed by atoms with Crippen molar-refractivity contribution in [2.45, 2.75) is 32.2 Å². The zero-order valence-corrected chi connectivity index (χ0v) is 10.9. The molecule has 0 aliphatic carbocycles. The van der Waals surface area contributed by atoms with E-state index in [1.807, 2.05) is 18.2 Å². The van der Waals surface area contributed by atoms with E-state index < -0.39 is 5.97 Å². The highest BCUT2D eigenvalue weighted by Crippen LogP contribution is 2.35. The first-order valence-corrected chi connectivity index (χ1v) is 6.57. The molecule has 1 aromatic carbocycles. The minimum atomic E-state index is -0.718. The third-order valence-electron chi connectivity index (χ3n) is 3.04. The van der Waals surface area contributed by atoms with Crippen molar-refractivity contribution in [3.63, 3.8) is 0 Å². The summed E-state index contributed by atoms with van der Waals surface area (Å²) in [7, 11) is 0. The van der Waals surface area contributed by atoms with Crippen LogP contribution in [0, 0.1) is 0 Å². The number of rotatable bonds is 8. The number of hydrogen-bond donors (Lipinski definition) is 2. The molecule has 104 valence electrons. The lowest BCUT2D eigenvalue weighted by atomic mass is 10.1. The van der Waals surface area contributed by atoms with Crippen LogP contribution in [-0.4, -0.2) is 24.4 Å². The fourth-order valence-corrected chi connectivity index (χ4v) is 2.06. The molecule has 1 aliphatic heterocycles. The Kier molecular flexibility index (Phi) is 5.03. The van der Waals surface area contributed by atoms with Crippen molar-refractivity contribution in [2.75, 3.05) is 13.3 Å². The van der Waals surface area contributed by atoms with Gasteiger partial charge in [-0.15, -0.1) is 0 Å². The van der Waals surface area contributed by atoms with Crippen LogP contribution >= 0.6 is 0 Å². The summed E-state index contributed by atoms with van der Waals surface area (Å²) in [5.41, 5.74) is 1.10. The van der Waals surface area contributed by atoms with Gasteiger partial charge in [0.2, 0.25) is 6.79 Å². The maximum absolute atomic E-state index is 10.3. The molecule has 0 unspecified atom stereocenters. The van der Waals surface area contributed by atoms with E-state index in [0.29, 0.717) is 6.79 Å². The Hall–Kier alpha value is -1.75. The number of carboxylic acid groups (broad SMARTS) is 1. The Bertz CT molecular complexity index is 433. The smallest absolute Gasteiger partial charge is 0.303 e. The van der Waals surface area contributed by atoms with Crippen LogP contribution in [-0.2, 0) is 11.3 Å². The molecular weight excluding hydrogens is 246 g/mol. The van der Waals surface area contributed by atoms with Crippen molar-refractivity contribution < 1.29 is 19.4 Å². The standard InChI is InChI=1S/C14H19NO4/c16-13(17)7-2-1-3-8-15-9-11-5-4-6-12-14(11)19-10-18-12/h4-6,15H,1-3,7-10H2,(H,16,17). The zero-order chi connectivity index (χ0) is 13.5. The Morgan fingerprint density at radius 3 is 3.00 bits per heavy atom. The molecule has 1 heterocycles. The molecule has 5 nitrogen and oxygen atoms in total. The molecule has 19 heavy (non-hydrogen) atoms. The summed E-state index contributed by atoms with van der Waals surface area (Å²) < 4.78 is 10.7. The van der Waals surface area contributed by atoms with Crippen LogP contribution in [0.15, 0.2) is 18.2 Å². The number of hydrogen-bond acceptors (Lipinski definition) is 4. The predicted molar refractivity (Wildman–Crippen MR) is 70.4 cm³/mol. The molecule has 0 atom stereocenters. The summed E-state index contributed by atoms with van der Waals surface area (Å²) in [5.74, 6) is 0.923. The summed E-state index contributed by atoms with van der Waals surface area (Å²) in [6.07, 6.45) is 2.93. The van der Waals surface area contributed by atoms with Crippen LogP contribution in [0.25, 0.3) is 0 Å². The second kappa shape index (κ2) is 6.99. The first-order valence-electron chi connectivity index (χ1n) is 6.57. The first kappa shape index (κ1) is 13.7. The van der Waals surface area contributed by atoms with E-state index in [1.165, 1.54) is 0 Å². The number of unbranched alkanes of at least 4 members (excludes halogenated alkanes) is 2. The second-order valence-electron chi connectivity index (χ2n) is 4.53. The number of ether oxygens (including phenoxy) is 2. The van der Waals surface area contributed by atoms with E-state index >= 15 is 0 Å². The van der Waals surface area contributed by atoms with Gasteiger partial charge in [0.05, 0.1) is 0 Å².